The Morgan fingerprint density at radius 3 is 2.31 bits per heavy atom. The molecule has 0 aliphatic rings. The van der Waals surface area contributed by atoms with Crippen molar-refractivity contribution in [2.75, 3.05) is 12.3 Å². The molecule has 1 unspecified atom stereocenters. The van der Waals surface area contributed by atoms with Crippen LogP contribution in [0.5, 0.6) is 0 Å². The third-order valence-corrected chi connectivity index (χ3v) is 4.50. The van der Waals surface area contributed by atoms with Crippen LogP contribution in [0, 0.1) is 0 Å². The average molecular weight is 207 g/mol. The van der Waals surface area contributed by atoms with Crippen molar-refractivity contribution in [3.63, 3.8) is 0 Å². The minimum atomic E-state index is -2.92. The average Bonchev–Trinajstić information content (AvgIpc) is 2.11. The zero-order valence-electron chi connectivity index (χ0n) is 8.62. The molecule has 0 fully saturated rings. The number of sulfone groups is 1. The van der Waals surface area contributed by atoms with Gasteiger partial charge in [-0.05, 0) is 13.3 Å². The number of hydrogen-bond acceptors (Lipinski definition) is 3. The molecule has 0 spiro atoms. The van der Waals surface area contributed by atoms with E-state index >= 15 is 0 Å². The first-order chi connectivity index (χ1) is 6.04. The third-order valence-electron chi connectivity index (χ3n) is 2.23. The second kappa shape index (κ2) is 6.38. The fourth-order valence-corrected chi connectivity index (χ4v) is 2.38. The maximum absolute atomic E-state index is 11.4. The van der Waals surface area contributed by atoms with Crippen molar-refractivity contribution in [1.82, 2.24) is 0 Å². The molecule has 0 aromatic heterocycles. The van der Waals surface area contributed by atoms with Gasteiger partial charge in [0, 0.05) is 6.54 Å². The Kier molecular flexibility index (Phi) is 6.33. The lowest BCUT2D eigenvalue weighted by atomic mass is 10.2. The number of rotatable bonds is 7. The van der Waals surface area contributed by atoms with Crippen molar-refractivity contribution in [2.45, 2.75) is 44.8 Å². The van der Waals surface area contributed by atoms with E-state index in [1.54, 1.807) is 6.92 Å². The first-order valence-electron chi connectivity index (χ1n) is 4.96. The summed E-state index contributed by atoms with van der Waals surface area (Å²) < 4.78 is 22.9. The molecular formula is C9H21NO2S. The van der Waals surface area contributed by atoms with E-state index in [1.165, 1.54) is 0 Å². The maximum atomic E-state index is 11.4. The predicted octanol–water partition coefficient (Wildman–Crippen LogP) is 1.33. The summed E-state index contributed by atoms with van der Waals surface area (Å²) in [5.41, 5.74) is 5.31. The summed E-state index contributed by atoms with van der Waals surface area (Å²) in [5, 5.41) is -0.380. The van der Waals surface area contributed by atoms with E-state index in [4.69, 9.17) is 5.73 Å². The van der Waals surface area contributed by atoms with E-state index < -0.39 is 9.84 Å². The van der Waals surface area contributed by atoms with Gasteiger partial charge >= 0.3 is 0 Å². The van der Waals surface area contributed by atoms with E-state index in [1.807, 2.05) is 0 Å². The lowest BCUT2D eigenvalue weighted by Crippen LogP contribution is -2.28. The molecule has 0 aromatic carbocycles. The highest BCUT2D eigenvalue weighted by Gasteiger charge is 2.17. The molecule has 0 aliphatic heterocycles. The summed E-state index contributed by atoms with van der Waals surface area (Å²) in [6.07, 6.45) is 4.03. The molecular weight excluding hydrogens is 186 g/mol. The smallest absolute Gasteiger partial charge is 0.154 e. The summed E-state index contributed by atoms with van der Waals surface area (Å²) in [6, 6.07) is 0. The van der Waals surface area contributed by atoms with Gasteiger partial charge in [-0.15, -0.1) is 0 Å². The van der Waals surface area contributed by atoms with Crippen LogP contribution in [0.1, 0.15) is 39.5 Å². The van der Waals surface area contributed by atoms with Gasteiger partial charge in [0.1, 0.15) is 0 Å². The van der Waals surface area contributed by atoms with Crippen LogP contribution in [0.2, 0.25) is 0 Å². The molecule has 1 atom stereocenters. The second-order valence-electron chi connectivity index (χ2n) is 3.47. The Morgan fingerprint density at radius 1 is 1.23 bits per heavy atom. The summed E-state index contributed by atoms with van der Waals surface area (Å²) in [7, 11) is -2.92. The molecule has 0 saturated carbocycles. The monoisotopic (exact) mass is 207 g/mol. The molecule has 2 N–H and O–H groups in total. The molecule has 0 radical (unpaired) electrons. The van der Waals surface area contributed by atoms with Crippen molar-refractivity contribution in [2.24, 2.45) is 5.73 Å². The fraction of sp³-hybridized carbons (Fsp3) is 1.00. The largest absolute Gasteiger partial charge is 0.329 e. The summed E-state index contributed by atoms with van der Waals surface area (Å²) in [4.78, 5) is 0. The highest BCUT2D eigenvalue weighted by atomic mass is 32.2. The maximum Gasteiger partial charge on any atom is 0.154 e. The Labute approximate surface area is 81.6 Å². The van der Waals surface area contributed by atoms with Gasteiger partial charge in [0.25, 0.3) is 0 Å². The zero-order valence-corrected chi connectivity index (χ0v) is 9.44. The minimum absolute atomic E-state index is 0.232. The Balaban J connectivity index is 3.77. The van der Waals surface area contributed by atoms with Gasteiger partial charge in [-0.2, -0.15) is 0 Å². The van der Waals surface area contributed by atoms with Gasteiger partial charge in [-0.25, -0.2) is 8.42 Å². The molecule has 0 aromatic rings. The molecule has 80 valence electrons. The Morgan fingerprint density at radius 2 is 1.85 bits per heavy atom. The summed E-state index contributed by atoms with van der Waals surface area (Å²) >= 11 is 0. The molecule has 4 heteroatoms. The van der Waals surface area contributed by atoms with Crippen molar-refractivity contribution in [3.05, 3.63) is 0 Å². The lowest BCUT2D eigenvalue weighted by Gasteiger charge is -2.09. The van der Waals surface area contributed by atoms with Crippen LogP contribution < -0.4 is 5.73 Å². The molecule has 0 rings (SSSR count). The third kappa shape index (κ3) is 5.26. The normalized spacial score (nSPS) is 14.4. The van der Waals surface area contributed by atoms with Crippen LogP contribution in [-0.2, 0) is 9.84 Å². The van der Waals surface area contributed by atoms with Crippen LogP contribution in [0.15, 0.2) is 0 Å². The first kappa shape index (κ1) is 12.9. The molecule has 0 aliphatic carbocycles. The van der Waals surface area contributed by atoms with Crippen LogP contribution in [0.3, 0.4) is 0 Å². The Hall–Kier alpha value is -0.0900. The van der Waals surface area contributed by atoms with E-state index in [-0.39, 0.29) is 11.8 Å². The topological polar surface area (TPSA) is 60.2 Å². The van der Waals surface area contributed by atoms with Gasteiger partial charge in [0.05, 0.1) is 11.0 Å². The highest BCUT2D eigenvalue weighted by Crippen LogP contribution is 2.06. The molecule has 0 amide bonds. The van der Waals surface area contributed by atoms with Crippen molar-refractivity contribution in [1.29, 1.82) is 0 Å². The fourth-order valence-electron chi connectivity index (χ4n) is 1.08. The zero-order chi connectivity index (χ0) is 10.3. The van der Waals surface area contributed by atoms with Crippen LogP contribution in [-0.4, -0.2) is 26.0 Å². The quantitative estimate of drug-likeness (QED) is 0.641. The van der Waals surface area contributed by atoms with Crippen LogP contribution in [0.4, 0.5) is 0 Å². The van der Waals surface area contributed by atoms with Gasteiger partial charge < -0.3 is 5.73 Å². The number of unbranched alkanes of at least 4 members (excludes halogenated alkanes) is 3. The van der Waals surface area contributed by atoms with Crippen molar-refractivity contribution >= 4 is 9.84 Å². The summed E-state index contributed by atoms with van der Waals surface area (Å²) in [5.74, 6) is 0.297. The minimum Gasteiger partial charge on any atom is -0.329 e. The lowest BCUT2D eigenvalue weighted by molar-refractivity contribution is 0.577. The van der Waals surface area contributed by atoms with Gasteiger partial charge in [-0.1, -0.05) is 26.2 Å². The van der Waals surface area contributed by atoms with Gasteiger partial charge in [0.15, 0.2) is 9.84 Å². The van der Waals surface area contributed by atoms with Crippen molar-refractivity contribution < 1.29 is 8.42 Å². The highest BCUT2D eigenvalue weighted by molar-refractivity contribution is 7.92. The molecule has 3 nitrogen and oxygen atoms in total. The van der Waals surface area contributed by atoms with Gasteiger partial charge in [0.2, 0.25) is 0 Å². The van der Waals surface area contributed by atoms with Gasteiger partial charge in [-0.3, -0.25) is 0 Å². The molecule has 0 saturated heterocycles. The molecule has 13 heavy (non-hydrogen) atoms. The SMILES string of the molecule is CCCCCCS(=O)(=O)C(C)CN. The predicted molar refractivity (Wildman–Crippen MR) is 56.4 cm³/mol. The van der Waals surface area contributed by atoms with E-state index in [9.17, 15) is 8.42 Å². The van der Waals surface area contributed by atoms with E-state index in [2.05, 4.69) is 6.92 Å². The van der Waals surface area contributed by atoms with Crippen molar-refractivity contribution in [3.8, 4) is 0 Å². The molecule has 0 bridgehead atoms. The Bertz CT molecular complexity index is 212. The van der Waals surface area contributed by atoms with E-state index in [0.717, 1.165) is 25.7 Å². The first-order valence-corrected chi connectivity index (χ1v) is 6.67. The number of hydrogen-bond donors (Lipinski definition) is 1. The van der Waals surface area contributed by atoms with Crippen LogP contribution >= 0.6 is 0 Å². The summed E-state index contributed by atoms with van der Waals surface area (Å²) in [6.45, 7) is 4.02. The number of nitrogens with two attached hydrogens (primary N) is 1. The van der Waals surface area contributed by atoms with Crippen LogP contribution in [0.25, 0.3) is 0 Å². The standard InChI is InChI=1S/C9H21NO2S/c1-3-4-5-6-7-13(11,12)9(2)8-10/h9H,3-8,10H2,1-2H3. The second-order valence-corrected chi connectivity index (χ2v) is 6.01. The molecule has 0 heterocycles. The van der Waals surface area contributed by atoms with E-state index in [0.29, 0.717) is 5.75 Å².